The zero-order valence-corrected chi connectivity index (χ0v) is 30.6. The molecule has 1 nitrogen and oxygen atoms in total. The molecule has 2 unspecified atom stereocenters. The van der Waals surface area contributed by atoms with Gasteiger partial charge in [0.1, 0.15) is 0 Å². The van der Waals surface area contributed by atoms with Gasteiger partial charge < -0.3 is 4.57 Å². The summed E-state index contributed by atoms with van der Waals surface area (Å²) in [6.45, 7) is 0. The number of benzene rings is 8. The minimum Gasteiger partial charge on any atom is -0.309 e. The van der Waals surface area contributed by atoms with Gasteiger partial charge in [-0.05, 0) is 116 Å². The van der Waals surface area contributed by atoms with Crippen LogP contribution in [0.25, 0.3) is 66.1 Å². The fraction of sp³-hybridized carbons (Fsp3) is 0.0741. The van der Waals surface area contributed by atoms with E-state index in [0.29, 0.717) is 11.8 Å². The van der Waals surface area contributed by atoms with Gasteiger partial charge in [-0.2, -0.15) is 0 Å². The van der Waals surface area contributed by atoms with Crippen LogP contribution < -0.4 is 0 Å². The zero-order chi connectivity index (χ0) is 36.3. The summed E-state index contributed by atoms with van der Waals surface area (Å²) in [5.41, 5.74) is 17.0. The van der Waals surface area contributed by atoms with Crippen molar-refractivity contribution in [2.75, 3.05) is 0 Å². The molecule has 11 rings (SSSR count). The number of hydrogen-bond donors (Lipinski definition) is 0. The molecule has 1 aromatic heterocycles. The number of allylic oxidation sites excluding steroid dienone is 4. The highest BCUT2D eigenvalue weighted by molar-refractivity contribution is 6.10. The monoisotopic (exact) mass is 701 g/mol. The molecular formula is C54H39N. The minimum atomic E-state index is 0.320. The molecular weight excluding hydrogens is 663 g/mol. The lowest BCUT2D eigenvalue weighted by molar-refractivity contribution is 0.800. The van der Waals surface area contributed by atoms with Crippen molar-refractivity contribution < 1.29 is 0 Å². The summed E-state index contributed by atoms with van der Waals surface area (Å²) in [6.07, 6.45) is 9.03. The van der Waals surface area contributed by atoms with Crippen molar-refractivity contribution >= 4 is 38.2 Å². The maximum Gasteiger partial charge on any atom is 0.0541 e. The van der Waals surface area contributed by atoms with E-state index in [1.165, 1.54) is 93.9 Å². The molecule has 1 heterocycles. The Labute approximate surface area is 322 Å². The number of rotatable bonds is 5. The average molecular weight is 702 g/mol. The molecule has 0 saturated carbocycles. The first-order valence-electron chi connectivity index (χ1n) is 19.5. The van der Waals surface area contributed by atoms with Crippen molar-refractivity contribution in [3.8, 4) is 27.9 Å². The topological polar surface area (TPSA) is 4.93 Å². The van der Waals surface area contributed by atoms with Gasteiger partial charge in [-0.15, -0.1) is 0 Å². The van der Waals surface area contributed by atoms with Gasteiger partial charge in [-0.1, -0.05) is 164 Å². The van der Waals surface area contributed by atoms with Crippen LogP contribution in [-0.2, 0) is 6.42 Å². The van der Waals surface area contributed by atoms with Gasteiger partial charge in [0.15, 0.2) is 0 Å². The molecule has 260 valence electrons. The quantitative estimate of drug-likeness (QED) is 0.168. The van der Waals surface area contributed by atoms with E-state index in [1.54, 1.807) is 0 Å². The molecule has 0 fully saturated rings. The Kier molecular flexibility index (Phi) is 7.52. The van der Waals surface area contributed by atoms with E-state index in [1.807, 2.05) is 0 Å². The van der Waals surface area contributed by atoms with E-state index in [9.17, 15) is 0 Å². The molecule has 55 heavy (non-hydrogen) atoms. The van der Waals surface area contributed by atoms with Crippen molar-refractivity contribution in [1.29, 1.82) is 0 Å². The molecule has 2 aliphatic carbocycles. The van der Waals surface area contributed by atoms with Crippen molar-refractivity contribution in [2.24, 2.45) is 0 Å². The summed E-state index contributed by atoms with van der Waals surface area (Å²) in [7, 11) is 0. The van der Waals surface area contributed by atoms with E-state index in [0.717, 1.165) is 12.8 Å². The maximum atomic E-state index is 2.43. The summed E-state index contributed by atoms with van der Waals surface area (Å²) in [5.74, 6) is 0.704. The number of aromatic nitrogens is 1. The van der Waals surface area contributed by atoms with Gasteiger partial charge in [0.05, 0.1) is 11.0 Å². The summed E-state index contributed by atoms with van der Waals surface area (Å²) in [6, 6.07) is 67.6. The standard InChI is InChI=1S/C54H39N/c1-2-11-36(12-3-1)37-21-23-38(24-22-37)39-27-30-44(31-28-39)55-53-20-9-8-18-49(53)52-34-42(29-32-54(52)55)41-25-26-43-35-51(48-17-7-6-16-47(48)50(43)33-41)46-19-10-14-40-13-4-5-15-45(40)46/h1-23,25-34,38,51H,24,35H2. The Balaban J connectivity index is 0.936. The SMILES string of the molecule is C1=CC(c2ccc(-n3c4ccccc4c4cc(-c5ccc6c(c5)-c5ccccc5C(c5cccc7ccccc57)C6)ccc43)cc2)CC=C1c1ccccc1. The largest absolute Gasteiger partial charge is 0.309 e. The second-order valence-electron chi connectivity index (χ2n) is 15.2. The second kappa shape index (κ2) is 13.0. The Morgan fingerprint density at radius 2 is 1.18 bits per heavy atom. The molecule has 0 amide bonds. The summed E-state index contributed by atoms with van der Waals surface area (Å²) >= 11 is 0. The Morgan fingerprint density at radius 1 is 0.473 bits per heavy atom. The lowest BCUT2D eigenvalue weighted by atomic mass is 9.74. The minimum absolute atomic E-state index is 0.320. The first-order valence-corrected chi connectivity index (χ1v) is 19.5. The average Bonchev–Trinajstić information content (AvgIpc) is 3.60. The molecule has 1 heteroatoms. The van der Waals surface area contributed by atoms with Crippen LogP contribution in [-0.4, -0.2) is 4.57 Å². The fourth-order valence-corrected chi connectivity index (χ4v) is 9.41. The van der Waals surface area contributed by atoms with Crippen LogP contribution in [0.5, 0.6) is 0 Å². The number of fused-ring (bicyclic) bond motifs is 7. The van der Waals surface area contributed by atoms with Crippen molar-refractivity contribution in [3.63, 3.8) is 0 Å². The number of hydrogen-bond acceptors (Lipinski definition) is 0. The first-order chi connectivity index (χ1) is 27.3. The van der Waals surface area contributed by atoms with E-state index in [2.05, 4.69) is 205 Å². The molecule has 9 aromatic rings. The lowest BCUT2D eigenvalue weighted by Crippen LogP contribution is -2.13. The third-order valence-electron chi connectivity index (χ3n) is 12.2. The van der Waals surface area contributed by atoms with Crippen LogP contribution in [0.4, 0.5) is 0 Å². The van der Waals surface area contributed by atoms with E-state index >= 15 is 0 Å². The Morgan fingerprint density at radius 3 is 2.05 bits per heavy atom. The molecule has 2 atom stereocenters. The predicted molar refractivity (Wildman–Crippen MR) is 232 cm³/mol. The molecule has 2 aliphatic rings. The maximum absolute atomic E-state index is 2.43. The van der Waals surface area contributed by atoms with Gasteiger partial charge in [-0.25, -0.2) is 0 Å². The smallest absolute Gasteiger partial charge is 0.0541 e. The van der Waals surface area contributed by atoms with Crippen LogP contribution >= 0.6 is 0 Å². The molecule has 0 N–H and O–H groups in total. The number of nitrogens with zero attached hydrogens (tertiary/aromatic N) is 1. The lowest BCUT2D eigenvalue weighted by Gasteiger charge is -2.29. The molecule has 0 bridgehead atoms. The highest BCUT2D eigenvalue weighted by Gasteiger charge is 2.27. The van der Waals surface area contributed by atoms with E-state index in [4.69, 9.17) is 0 Å². The second-order valence-corrected chi connectivity index (χ2v) is 15.2. The Hall–Kier alpha value is -6.70. The zero-order valence-electron chi connectivity index (χ0n) is 30.6. The van der Waals surface area contributed by atoms with Crippen molar-refractivity contribution in [2.45, 2.75) is 24.7 Å². The highest BCUT2D eigenvalue weighted by atomic mass is 15.0. The summed E-state index contributed by atoms with van der Waals surface area (Å²) in [5, 5.41) is 5.21. The predicted octanol–water partition coefficient (Wildman–Crippen LogP) is 14.1. The van der Waals surface area contributed by atoms with Gasteiger partial charge in [-0.3, -0.25) is 0 Å². The molecule has 0 saturated heterocycles. The van der Waals surface area contributed by atoms with Crippen LogP contribution in [0.3, 0.4) is 0 Å². The molecule has 8 aromatic carbocycles. The summed E-state index contributed by atoms with van der Waals surface area (Å²) in [4.78, 5) is 0. The van der Waals surface area contributed by atoms with Crippen LogP contribution in [0.2, 0.25) is 0 Å². The first kappa shape index (κ1) is 31.8. The van der Waals surface area contributed by atoms with Gasteiger partial charge >= 0.3 is 0 Å². The van der Waals surface area contributed by atoms with Crippen molar-refractivity contribution in [3.05, 3.63) is 228 Å². The van der Waals surface area contributed by atoms with Crippen LogP contribution in [0.15, 0.2) is 200 Å². The van der Waals surface area contributed by atoms with Crippen LogP contribution in [0.1, 0.15) is 46.1 Å². The molecule has 0 aliphatic heterocycles. The molecule has 0 radical (unpaired) electrons. The normalized spacial score (nSPS) is 16.3. The van der Waals surface area contributed by atoms with E-state index < -0.39 is 0 Å². The van der Waals surface area contributed by atoms with Crippen LogP contribution in [0, 0.1) is 0 Å². The summed E-state index contributed by atoms with van der Waals surface area (Å²) < 4.78 is 2.43. The third kappa shape index (κ3) is 5.38. The van der Waals surface area contributed by atoms with Gasteiger partial charge in [0.2, 0.25) is 0 Å². The van der Waals surface area contributed by atoms with Gasteiger partial charge in [0, 0.05) is 28.3 Å². The highest BCUT2D eigenvalue weighted by Crippen LogP contribution is 2.46. The Bertz CT molecular complexity index is 2970. The van der Waals surface area contributed by atoms with Crippen molar-refractivity contribution in [1.82, 2.24) is 4.57 Å². The number of para-hydroxylation sites is 1. The fourth-order valence-electron chi connectivity index (χ4n) is 9.41. The molecule has 0 spiro atoms. The van der Waals surface area contributed by atoms with E-state index in [-0.39, 0.29) is 0 Å². The van der Waals surface area contributed by atoms with Gasteiger partial charge in [0.25, 0.3) is 0 Å². The third-order valence-corrected chi connectivity index (χ3v) is 12.2.